The van der Waals surface area contributed by atoms with Gasteiger partial charge in [0.15, 0.2) is 5.96 Å². The number of para-hydroxylation sites is 1. The number of aryl methyl sites for hydroxylation is 2. The lowest BCUT2D eigenvalue weighted by molar-refractivity contribution is 0.812. The minimum Gasteiger partial charge on any atom is -0.357 e. The standard InChI is InChI=1S/C18H25N5/c1-5-11-20-18(19-6-2)21-13-16-9-7-8-10-17(16)23-15(4)12-14(3)22-23/h5,7-10,12H,1,6,11,13H2,2-4H3,(H2,19,20,21). The lowest BCUT2D eigenvalue weighted by Crippen LogP contribution is -2.37. The molecule has 0 amide bonds. The van der Waals surface area contributed by atoms with Crippen LogP contribution in [-0.4, -0.2) is 28.8 Å². The van der Waals surface area contributed by atoms with E-state index in [1.165, 1.54) is 0 Å². The van der Waals surface area contributed by atoms with Crippen LogP contribution in [0.2, 0.25) is 0 Å². The van der Waals surface area contributed by atoms with Crippen molar-refractivity contribution in [3.05, 3.63) is 59.9 Å². The Morgan fingerprint density at radius 1 is 1.30 bits per heavy atom. The number of hydrogen-bond donors (Lipinski definition) is 2. The summed E-state index contributed by atoms with van der Waals surface area (Å²) < 4.78 is 1.98. The molecular formula is C18H25N5. The molecule has 1 aromatic carbocycles. The van der Waals surface area contributed by atoms with Gasteiger partial charge in [-0.1, -0.05) is 24.3 Å². The van der Waals surface area contributed by atoms with E-state index in [0.29, 0.717) is 13.1 Å². The quantitative estimate of drug-likeness (QED) is 0.490. The fraction of sp³-hybridized carbons (Fsp3) is 0.333. The predicted octanol–water partition coefficient (Wildman–Crippen LogP) is 2.73. The molecule has 1 aromatic heterocycles. The van der Waals surface area contributed by atoms with Gasteiger partial charge in [0.05, 0.1) is 17.9 Å². The second-order valence-electron chi connectivity index (χ2n) is 5.33. The van der Waals surface area contributed by atoms with E-state index in [1.807, 2.05) is 29.8 Å². The summed E-state index contributed by atoms with van der Waals surface area (Å²) in [5.41, 5.74) is 4.34. The largest absolute Gasteiger partial charge is 0.357 e. The molecule has 0 aliphatic carbocycles. The molecule has 1 heterocycles. The molecule has 0 unspecified atom stereocenters. The molecule has 0 aliphatic heterocycles. The van der Waals surface area contributed by atoms with E-state index < -0.39 is 0 Å². The first kappa shape index (κ1) is 16.8. The third-order valence-corrected chi connectivity index (χ3v) is 3.39. The van der Waals surface area contributed by atoms with Crippen molar-refractivity contribution in [3.8, 4) is 5.69 Å². The zero-order valence-electron chi connectivity index (χ0n) is 14.1. The fourth-order valence-electron chi connectivity index (χ4n) is 2.40. The summed E-state index contributed by atoms with van der Waals surface area (Å²) >= 11 is 0. The molecule has 5 nitrogen and oxygen atoms in total. The van der Waals surface area contributed by atoms with Crippen LogP contribution in [-0.2, 0) is 6.54 Å². The molecule has 0 bridgehead atoms. The molecular weight excluding hydrogens is 286 g/mol. The van der Waals surface area contributed by atoms with Crippen molar-refractivity contribution in [1.29, 1.82) is 0 Å². The first-order valence-electron chi connectivity index (χ1n) is 7.90. The molecule has 0 spiro atoms. The first-order valence-corrected chi connectivity index (χ1v) is 7.90. The van der Waals surface area contributed by atoms with Crippen LogP contribution >= 0.6 is 0 Å². The second kappa shape index (κ2) is 8.17. The highest BCUT2D eigenvalue weighted by molar-refractivity contribution is 5.79. The highest BCUT2D eigenvalue weighted by Crippen LogP contribution is 2.17. The minimum absolute atomic E-state index is 0.584. The Hall–Kier alpha value is -2.56. The zero-order chi connectivity index (χ0) is 16.7. The maximum atomic E-state index is 4.65. The van der Waals surface area contributed by atoms with E-state index in [-0.39, 0.29) is 0 Å². The van der Waals surface area contributed by atoms with Crippen LogP contribution in [0.4, 0.5) is 0 Å². The number of benzene rings is 1. The van der Waals surface area contributed by atoms with E-state index in [2.05, 4.69) is 59.4 Å². The molecule has 0 saturated carbocycles. The van der Waals surface area contributed by atoms with Gasteiger partial charge < -0.3 is 10.6 Å². The van der Waals surface area contributed by atoms with E-state index in [4.69, 9.17) is 0 Å². The Morgan fingerprint density at radius 2 is 2.09 bits per heavy atom. The van der Waals surface area contributed by atoms with Crippen LogP contribution in [0.25, 0.3) is 5.69 Å². The third kappa shape index (κ3) is 4.45. The first-order chi connectivity index (χ1) is 11.2. The van der Waals surface area contributed by atoms with Gasteiger partial charge in [0.25, 0.3) is 0 Å². The average molecular weight is 311 g/mol. The molecule has 122 valence electrons. The fourth-order valence-corrected chi connectivity index (χ4v) is 2.40. The topological polar surface area (TPSA) is 54.2 Å². The minimum atomic E-state index is 0.584. The van der Waals surface area contributed by atoms with Crippen molar-refractivity contribution in [2.45, 2.75) is 27.3 Å². The van der Waals surface area contributed by atoms with E-state index in [1.54, 1.807) is 0 Å². The Morgan fingerprint density at radius 3 is 2.74 bits per heavy atom. The van der Waals surface area contributed by atoms with Gasteiger partial charge in [-0.2, -0.15) is 5.10 Å². The van der Waals surface area contributed by atoms with Gasteiger partial charge in [-0.15, -0.1) is 6.58 Å². The molecule has 0 saturated heterocycles. The maximum absolute atomic E-state index is 4.65. The SMILES string of the molecule is C=CCNC(=NCc1ccccc1-n1nc(C)cc1C)NCC. The van der Waals surface area contributed by atoms with Crippen molar-refractivity contribution in [3.63, 3.8) is 0 Å². The summed E-state index contributed by atoms with van der Waals surface area (Å²) in [5, 5.41) is 11.0. The van der Waals surface area contributed by atoms with Crippen LogP contribution in [0, 0.1) is 13.8 Å². The zero-order valence-corrected chi connectivity index (χ0v) is 14.1. The van der Waals surface area contributed by atoms with Crippen molar-refractivity contribution in [2.75, 3.05) is 13.1 Å². The van der Waals surface area contributed by atoms with Gasteiger partial charge in [-0.25, -0.2) is 9.67 Å². The van der Waals surface area contributed by atoms with Crippen LogP contribution < -0.4 is 10.6 Å². The van der Waals surface area contributed by atoms with Crippen LogP contribution in [0.5, 0.6) is 0 Å². The Bertz CT molecular complexity index is 684. The second-order valence-corrected chi connectivity index (χ2v) is 5.33. The molecule has 0 atom stereocenters. The van der Waals surface area contributed by atoms with E-state index >= 15 is 0 Å². The molecule has 2 N–H and O–H groups in total. The van der Waals surface area contributed by atoms with Crippen LogP contribution in [0.3, 0.4) is 0 Å². The summed E-state index contributed by atoms with van der Waals surface area (Å²) in [7, 11) is 0. The Labute approximate surface area is 138 Å². The predicted molar refractivity (Wildman–Crippen MR) is 96.1 cm³/mol. The molecule has 23 heavy (non-hydrogen) atoms. The molecule has 2 rings (SSSR count). The lowest BCUT2D eigenvalue weighted by Gasteiger charge is -2.12. The summed E-state index contributed by atoms with van der Waals surface area (Å²) in [6.07, 6.45) is 1.82. The molecule has 2 aromatic rings. The van der Waals surface area contributed by atoms with Crippen molar-refractivity contribution >= 4 is 5.96 Å². The number of nitrogens with one attached hydrogen (secondary N) is 2. The average Bonchev–Trinajstić information content (AvgIpc) is 2.88. The van der Waals surface area contributed by atoms with Gasteiger partial charge in [0.1, 0.15) is 0 Å². The number of aliphatic imine (C=N–C) groups is 1. The van der Waals surface area contributed by atoms with Gasteiger partial charge >= 0.3 is 0 Å². The maximum Gasteiger partial charge on any atom is 0.191 e. The van der Waals surface area contributed by atoms with E-state index in [9.17, 15) is 0 Å². The van der Waals surface area contributed by atoms with E-state index in [0.717, 1.165) is 35.1 Å². The van der Waals surface area contributed by atoms with Crippen molar-refractivity contribution in [2.24, 2.45) is 4.99 Å². The van der Waals surface area contributed by atoms with Gasteiger partial charge in [0, 0.05) is 18.8 Å². The number of nitrogens with zero attached hydrogens (tertiary/aromatic N) is 3. The molecule has 0 aliphatic rings. The molecule has 5 heteroatoms. The van der Waals surface area contributed by atoms with Crippen molar-refractivity contribution < 1.29 is 0 Å². The number of hydrogen-bond acceptors (Lipinski definition) is 2. The Balaban J connectivity index is 2.26. The highest BCUT2D eigenvalue weighted by atomic mass is 15.3. The normalized spacial score (nSPS) is 11.3. The van der Waals surface area contributed by atoms with Gasteiger partial charge in [-0.3, -0.25) is 0 Å². The monoisotopic (exact) mass is 311 g/mol. The Kier molecular flexibility index (Phi) is 5.97. The number of rotatable bonds is 6. The molecule has 0 radical (unpaired) electrons. The van der Waals surface area contributed by atoms with Crippen molar-refractivity contribution in [1.82, 2.24) is 20.4 Å². The van der Waals surface area contributed by atoms with Crippen LogP contribution in [0.1, 0.15) is 23.9 Å². The number of aromatic nitrogens is 2. The smallest absolute Gasteiger partial charge is 0.191 e. The summed E-state index contributed by atoms with van der Waals surface area (Å²) in [6.45, 7) is 11.9. The summed E-state index contributed by atoms with van der Waals surface area (Å²) in [6, 6.07) is 10.3. The van der Waals surface area contributed by atoms with Gasteiger partial charge in [-0.05, 0) is 38.5 Å². The third-order valence-electron chi connectivity index (χ3n) is 3.39. The summed E-state index contributed by atoms with van der Waals surface area (Å²) in [4.78, 5) is 4.65. The van der Waals surface area contributed by atoms with Gasteiger partial charge in [0.2, 0.25) is 0 Å². The van der Waals surface area contributed by atoms with Crippen LogP contribution in [0.15, 0.2) is 48.0 Å². The molecule has 0 fully saturated rings. The highest BCUT2D eigenvalue weighted by Gasteiger charge is 2.08. The lowest BCUT2D eigenvalue weighted by atomic mass is 10.2. The summed E-state index contributed by atoms with van der Waals surface area (Å²) in [5.74, 6) is 0.788. The number of guanidine groups is 1.